The first kappa shape index (κ1) is 16.3. The number of aliphatic hydroxyl groups excluding tert-OH is 1. The van der Waals surface area contributed by atoms with E-state index in [0.29, 0.717) is 11.6 Å². The highest BCUT2D eigenvalue weighted by Gasteiger charge is 2.31. The van der Waals surface area contributed by atoms with Gasteiger partial charge in [-0.3, -0.25) is 0 Å². The van der Waals surface area contributed by atoms with Crippen molar-refractivity contribution in [2.75, 3.05) is 6.54 Å². The van der Waals surface area contributed by atoms with E-state index in [1.165, 1.54) is 0 Å². The molecule has 1 aliphatic heterocycles. The van der Waals surface area contributed by atoms with E-state index < -0.39 is 12.2 Å². The highest BCUT2D eigenvalue weighted by Crippen LogP contribution is 2.44. The maximum atomic E-state index is 10.7. The number of β-amino-alcohol motifs (C(OH)–C–C–N with tert-alkyl or cyclic N) is 1. The average Bonchev–Trinajstić information content (AvgIpc) is 2.51. The minimum absolute atomic E-state index is 0.0550. The maximum Gasteiger partial charge on any atom is 0.151 e. The van der Waals surface area contributed by atoms with Gasteiger partial charge in [-0.15, -0.1) is 0 Å². The molecule has 0 saturated heterocycles. The molecule has 0 fully saturated rings. The Morgan fingerprint density at radius 2 is 1.91 bits per heavy atom. The van der Waals surface area contributed by atoms with Gasteiger partial charge >= 0.3 is 0 Å². The Bertz CT molecular complexity index is 709. The van der Waals surface area contributed by atoms with Gasteiger partial charge in [-0.05, 0) is 44.5 Å². The fraction of sp³-hybridized carbons (Fsp3) is 0.368. The molecule has 0 spiro atoms. The number of hydrogen-bond acceptors (Lipinski definition) is 3. The lowest BCUT2D eigenvalue weighted by molar-refractivity contribution is 0.0305. The molecule has 3 nitrogen and oxygen atoms in total. The highest BCUT2D eigenvalue weighted by molar-refractivity contribution is 6.31. The van der Waals surface area contributed by atoms with Gasteiger partial charge in [0.1, 0.15) is 11.9 Å². The molecule has 2 atom stereocenters. The Hall–Kier alpha value is -1.55. The van der Waals surface area contributed by atoms with Crippen LogP contribution in [0, 0.1) is 0 Å². The number of aliphatic hydroxyl groups is 1. The lowest BCUT2D eigenvalue weighted by Crippen LogP contribution is -2.43. The lowest BCUT2D eigenvalue weighted by atomic mass is 9.90. The van der Waals surface area contributed by atoms with E-state index in [1.54, 1.807) is 0 Å². The summed E-state index contributed by atoms with van der Waals surface area (Å²) in [6, 6.07) is 13.6. The van der Waals surface area contributed by atoms with Crippen LogP contribution in [0.5, 0.6) is 5.75 Å². The Kier molecular flexibility index (Phi) is 4.37. The molecule has 2 unspecified atom stereocenters. The van der Waals surface area contributed by atoms with Crippen LogP contribution in [0.2, 0.25) is 5.02 Å². The molecule has 0 bridgehead atoms. The molecule has 2 aromatic carbocycles. The largest absolute Gasteiger partial charge is 0.482 e. The first-order valence-electron chi connectivity index (χ1n) is 7.84. The van der Waals surface area contributed by atoms with Gasteiger partial charge < -0.3 is 15.2 Å². The SMILES string of the molecule is CC(C)(C)NCC(O)C1Oc2ccc(Cl)cc2-c2ccccc21. The van der Waals surface area contributed by atoms with Crippen LogP contribution in [0.1, 0.15) is 32.4 Å². The van der Waals surface area contributed by atoms with E-state index in [1.807, 2.05) is 42.5 Å². The summed E-state index contributed by atoms with van der Waals surface area (Å²) in [5.41, 5.74) is 2.97. The molecule has 2 N–H and O–H groups in total. The van der Waals surface area contributed by atoms with E-state index in [2.05, 4.69) is 26.1 Å². The van der Waals surface area contributed by atoms with Crippen molar-refractivity contribution in [3.05, 3.63) is 53.1 Å². The standard InChI is InChI=1S/C19H22ClNO2/c1-19(2,3)21-11-16(22)18-14-7-5-4-6-13(14)15-10-12(20)8-9-17(15)23-18/h4-10,16,18,21-22H,11H2,1-3H3. The van der Waals surface area contributed by atoms with E-state index in [9.17, 15) is 5.11 Å². The molecule has 122 valence electrons. The third-order valence-electron chi connectivity index (χ3n) is 3.94. The Morgan fingerprint density at radius 3 is 2.65 bits per heavy atom. The summed E-state index contributed by atoms with van der Waals surface area (Å²) in [4.78, 5) is 0. The molecule has 0 amide bonds. The van der Waals surface area contributed by atoms with Gasteiger partial charge in [-0.2, -0.15) is 0 Å². The van der Waals surface area contributed by atoms with Crippen molar-refractivity contribution in [1.82, 2.24) is 5.32 Å². The monoisotopic (exact) mass is 331 g/mol. The van der Waals surface area contributed by atoms with E-state index in [4.69, 9.17) is 16.3 Å². The summed E-state index contributed by atoms with van der Waals surface area (Å²) < 4.78 is 6.09. The Balaban J connectivity index is 1.94. The van der Waals surface area contributed by atoms with Crippen LogP contribution in [0.4, 0.5) is 0 Å². The smallest absolute Gasteiger partial charge is 0.151 e. The zero-order valence-electron chi connectivity index (χ0n) is 13.6. The van der Waals surface area contributed by atoms with Crippen molar-refractivity contribution in [3.8, 4) is 16.9 Å². The van der Waals surface area contributed by atoms with Gasteiger partial charge in [0.05, 0.1) is 0 Å². The van der Waals surface area contributed by atoms with Crippen LogP contribution in [0.25, 0.3) is 11.1 Å². The Morgan fingerprint density at radius 1 is 1.17 bits per heavy atom. The van der Waals surface area contributed by atoms with Gasteiger partial charge in [-0.1, -0.05) is 35.9 Å². The number of nitrogens with one attached hydrogen (secondary N) is 1. The van der Waals surface area contributed by atoms with E-state index in [-0.39, 0.29) is 5.54 Å². The highest BCUT2D eigenvalue weighted by atomic mass is 35.5. The minimum atomic E-state index is -0.640. The third-order valence-corrected chi connectivity index (χ3v) is 4.18. The van der Waals surface area contributed by atoms with Crippen molar-refractivity contribution in [2.45, 2.75) is 38.5 Å². The number of rotatable bonds is 3. The number of benzene rings is 2. The third kappa shape index (κ3) is 3.52. The molecule has 2 aromatic rings. The van der Waals surface area contributed by atoms with Gasteiger partial charge in [-0.25, -0.2) is 0 Å². The molecule has 4 heteroatoms. The van der Waals surface area contributed by atoms with E-state index in [0.717, 1.165) is 22.4 Å². The van der Waals surface area contributed by atoms with Crippen LogP contribution in [-0.4, -0.2) is 23.3 Å². The summed E-state index contributed by atoms with van der Waals surface area (Å²) in [6.07, 6.45) is -1.03. The van der Waals surface area contributed by atoms with Gasteiger partial charge in [0.25, 0.3) is 0 Å². The second-order valence-corrected chi connectivity index (χ2v) is 7.40. The summed E-state index contributed by atoms with van der Waals surface area (Å²) in [6.45, 7) is 6.69. The van der Waals surface area contributed by atoms with Crippen LogP contribution < -0.4 is 10.1 Å². The summed E-state index contributed by atoms with van der Waals surface area (Å²) in [7, 11) is 0. The summed E-state index contributed by atoms with van der Waals surface area (Å²) >= 11 is 6.13. The predicted molar refractivity (Wildman–Crippen MR) is 94.0 cm³/mol. The zero-order chi connectivity index (χ0) is 16.6. The molecular weight excluding hydrogens is 310 g/mol. The lowest BCUT2D eigenvalue weighted by Gasteiger charge is -2.33. The molecule has 0 aromatic heterocycles. The number of hydrogen-bond donors (Lipinski definition) is 2. The molecule has 3 rings (SSSR count). The van der Waals surface area contributed by atoms with Crippen molar-refractivity contribution < 1.29 is 9.84 Å². The number of halogens is 1. The summed E-state index contributed by atoms with van der Waals surface area (Å²) in [5.74, 6) is 0.757. The molecule has 23 heavy (non-hydrogen) atoms. The zero-order valence-corrected chi connectivity index (χ0v) is 14.4. The first-order chi connectivity index (χ1) is 10.8. The summed E-state index contributed by atoms with van der Waals surface area (Å²) in [5, 5.41) is 14.7. The second kappa shape index (κ2) is 6.16. The molecule has 0 saturated carbocycles. The minimum Gasteiger partial charge on any atom is -0.482 e. The van der Waals surface area contributed by atoms with Gasteiger partial charge in [0.2, 0.25) is 0 Å². The molecular formula is C19H22ClNO2. The molecule has 1 heterocycles. The predicted octanol–water partition coefficient (Wildman–Crippen LogP) is 4.19. The molecule has 1 aliphatic rings. The van der Waals surface area contributed by atoms with Crippen LogP contribution in [-0.2, 0) is 0 Å². The quantitative estimate of drug-likeness (QED) is 0.886. The van der Waals surface area contributed by atoms with Crippen molar-refractivity contribution >= 4 is 11.6 Å². The van der Waals surface area contributed by atoms with Crippen LogP contribution in [0.3, 0.4) is 0 Å². The van der Waals surface area contributed by atoms with Gasteiger partial charge in [0.15, 0.2) is 6.10 Å². The Labute approximate surface area is 142 Å². The fourth-order valence-corrected chi connectivity index (χ4v) is 2.98. The number of fused-ring (bicyclic) bond motifs is 3. The topological polar surface area (TPSA) is 41.5 Å². The first-order valence-corrected chi connectivity index (χ1v) is 8.21. The van der Waals surface area contributed by atoms with Crippen molar-refractivity contribution in [3.63, 3.8) is 0 Å². The van der Waals surface area contributed by atoms with Crippen molar-refractivity contribution in [1.29, 1.82) is 0 Å². The normalized spacial score (nSPS) is 17.9. The van der Waals surface area contributed by atoms with Gasteiger partial charge in [0, 0.05) is 28.2 Å². The number of ether oxygens (including phenoxy) is 1. The fourth-order valence-electron chi connectivity index (χ4n) is 2.81. The second-order valence-electron chi connectivity index (χ2n) is 6.96. The van der Waals surface area contributed by atoms with Crippen molar-refractivity contribution in [2.24, 2.45) is 0 Å². The average molecular weight is 332 g/mol. The maximum absolute atomic E-state index is 10.7. The molecule has 0 radical (unpaired) electrons. The van der Waals surface area contributed by atoms with Crippen LogP contribution >= 0.6 is 11.6 Å². The molecule has 0 aliphatic carbocycles. The van der Waals surface area contributed by atoms with E-state index >= 15 is 0 Å². The van der Waals surface area contributed by atoms with Crippen LogP contribution in [0.15, 0.2) is 42.5 Å².